The van der Waals surface area contributed by atoms with Crippen LogP contribution in [0, 0.1) is 0 Å². The summed E-state index contributed by atoms with van der Waals surface area (Å²) in [5.74, 6) is -0.281. The van der Waals surface area contributed by atoms with Gasteiger partial charge in [-0.15, -0.1) is 0 Å². The number of methoxy groups -OCH3 is 1. The van der Waals surface area contributed by atoms with Crippen LogP contribution in [0.3, 0.4) is 0 Å². The van der Waals surface area contributed by atoms with Gasteiger partial charge in [0.1, 0.15) is 0 Å². The Hall–Kier alpha value is -0.970. The normalized spacial score (nSPS) is 9.64. The molecular weight excluding hydrogens is 214 g/mol. The summed E-state index contributed by atoms with van der Waals surface area (Å²) in [4.78, 5) is 10.6. The molecule has 1 heterocycles. The highest BCUT2D eigenvalue weighted by molar-refractivity contribution is 9.10. The quantitative estimate of drug-likeness (QED) is 0.812. The largest absolute Gasteiger partial charge is 0.492 e. The molecule has 11 heavy (non-hydrogen) atoms. The van der Waals surface area contributed by atoms with Gasteiger partial charge in [-0.05, 0) is 15.9 Å². The smallest absolute Gasteiger partial charge is 0.288 e. The van der Waals surface area contributed by atoms with Gasteiger partial charge in [0, 0.05) is 6.07 Å². The lowest BCUT2D eigenvalue weighted by Gasteiger charge is -1.93. The van der Waals surface area contributed by atoms with Crippen LogP contribution in [0.5, 0.6) is 5.75 Å². The van der Waals surface area contributed by atoms with Crippen molar-refractivity contribution >= 4 is 21.8 Å². The van der Waals surface area contributed by atoms with Crippen molar-refractivity contribution in [2.45, 2.75) is 0 Å². The van der Waals surface area contributed by atoms with Crippen LogP contribution in [0.2, 0.25) is 0 Å². The molecule has 0 spiro atoms. The zero-order chi connectivity index (χ0) is 8.43. The summed E-state index contributed by atoms with van der Waals surface area (Å²) in [6.07, 6.45) is 0. The number of amides is 1. The van der Waals surface area contributed by atoms with Gasteiger partial charge in [-0.2, -0.15) is 0 Å². The molecule has 0 aromatic carbocycles. The Morgan fingerprint density at radius 1 is 1.82 bits per heavy atom. The van der Waals surface area contributed by atoms with Crippen molar-refractivity contribution in [1.29, 1.82) is 0 Å². The third kappa shape index (κ3) is 1.54. The maximum absolute atomic E-state index is 10.6. The number of hydrogen-bond donors (Lipinski definition) is 1. The molecule has 0 aliphatic heterocycles. The minimum absolute atomic E-state index is 0.0272. The van der Waals surface area contributed by atoms with Crippen LogP contribution in [0.15, 0.2) is 15.2 Å². The lowest BCUT2D eigenvalue weighted by molar-refractivity contribution is 0.0968. The van der Waals surface area contributed by atoms with Crippen LogP contribution in [-0.2, 0) is 0 Å². The maximum atomic E-state index is 10.6. The van der Waals surface area contributed by atoms with Crippen LogP contribution in [0.1, 0.15) is 10.6 Å². The lowest BCUT2D eigenvalue weighted by Crippen LogP contribution is -2.10. The molecule has 4 nitrogen and oxygen atoms in total. The van der Waals surface area contributed by atoms with E-state index in [9.17, 15) is 4.79 Å². The summed E-state index contributed by atoms with van der Waals surface area (Å²) in [7, 11) is 1.43. The molecule has 0 aliphatic carbocycles. The van der Waals surface area contributed by atoms with E-state index in [1.807, 2.05) is 0 Å². The molecule has 60 valence electrons. The molecule has 0 saturated heterocycles. The van der Waals surface area contributed by atoms with Crippen molar-refractivity contribution in [3.05, 3.63) is 16.5 Å². The molecule has 0 aliphatic rings. The molecule has 0 fully saturated rings. The number of nitrogens with two attached hydrogens (primary N) is 1. The number of primary amides is 1. The third-order valence-corrected chi connectivity index (χ3v) is 1.50. The number of ether oxygens (including phenoxy) is 1. The molecule has 5 heteroatoms. The first-order valence-electron chi connectivity index (χ1n) is 2.78. The molecule has 0 unspecified atom stereocenters. The zero-order valence-electron chi connectivity index (χ0n) is 5.76. The van der Waals surface area contributed by atoms with Crippen LogP contribution in [0.4, 0.5) is 0 Å². The van der Waals surface area contributed by atoms with Gasteiger partial charge in [-0.25, -0.2) is 0 Å². The molecule has 0 bridgehead atoms. The molecule has 0 saturated carbocycles. The first-order chi connectivity index (χ1) is 5.15. The fraction of sp³-hybridized carbons (Fsp3) is 0.167. The topological polar surface area (TPSA) is 65.5 Å². The summed E-state index contributed by atoms with van der Waals surface area (Å²) in [5, 5.41) is 0. The first-order valence-corrected chi connectivity index (χ1v) is 3.57. The minimum Gasteiger partial charge on any atom is -0.492 e. The second-order valence-corrected chi connectivity index (χ2v) is 2.59. The fourth-order valence-corrected chi connectivity index (χ4v) is 1.04. The van der Waals surface area contributed by atoms with Gasteiger partial charge in [-0.3, -0.25) is 4.79 Å². The molecule has 0 radical (unpaired) electrons. The van der Waals surface area contributed by atoms with Crippen molar-refractivity contribution in [1.82, 2.24) is 0 Å². The van der Waals surface area contributed by atoms with Crippen molar-refractivity contribution in [2.75, 3.05) is 7.11 Å². The number of carbonyl (C=O) groups excluding carboxylic acids is 1. The number of furan rings is 1. The van der Waals surface area contributed by atoms with Gasteiger partial charge < -0.3 is 14.9 Å². The second kappa shape index (κ2) is 2.96. The highest BCUT2D eigenvalue weighted by Gasteiger charge is 2.14. The van der Waals surface area contributed by atoms with Gasteiger partial charge in [0.25, 0.3) is 5.91 Å². The molecule has 1 rings (SSSR count). The monoisotopic (exact) mass is 219 g/mol. The summed E-state index contributed by atoms with van der Waals surface area (Å²) in [6.45, 7) is 0. The molecule has 1 amide bonds. The van der Waals surface area contributed by atoms with Crippen LogP contribution < -0.4 is 10.5 Å². The molecule has 0 atom stereocenters. The fourth-order valence-electron chi connectivity index (χ4n) is 0.669. The predicted molar refractivity (Wildman–Crippen MR) is 41.5 cm³/mol. The Bertz CT molecular complexity index is 281. The minimum atomic E-state index is -0.646. The Morgan fingerprint density at radius 3 is 2.82 bits per heavy atom. The van der Waals surface area contributed by atoms with Crippen molar-refractivity contribution in [3.8, 4) is 5.75 Å². The number of rotatable bonds is 2. The van der Waals surface area contributed by atoms with E-state index in [2.05, 4.69) is 15.9 Å². The van der Waals surface area contributed by atoms with Crippen molar-refractivity contribution in [2.24, 2.45) is 5.73 Å². The SMILES string of the molecule is COc1cc(Br)oc1C(N)=O. The zero-order valence-corrected chi connectivity index (χ0v) is 7.34. The third-order valence-electron chi connectivity index (χ3n) is 1.11. The predicted octanol–water partition coefficient (Wildman–Crippen LogP) is 1.15. The Balaban J connectivity index is 3.12. The Labute approximate surface area is 71.4 Å². The summed E-state index contributed by atoms with van der Waals surface area (Å²) in [6, 6.07) is 1.53. The Kier molecular flexibility index (Phi) is 2.19. The second-order valence-electron chi connectivity index (χ2n) is 1.81. The average molecular weight is 220 g/mol. The maximum Gasteiger partial charge on any atom is 0.288 e. The average Bonchev–Trinajstić information content (AvgIpc) is 2.30. The van der Waals surface area contributed by atoms with Gasteiger partial charge in [0.2, 0.25) is 5.76 Å². The van der Waals surface area contributed by atoms with Crippen molar-refractivity contribution in [3.63, 3.8) is 0 Å². The Morgan fingerprint density at radius 2 is 2.45 bits per heavy atom. The lowest BCUT2D eigenvalue weighted by atomic mass is 10.4. The molecular formula is C6H6BrNO3. The van der Waals surface area contributed by atoms with E-state index in [-0.39, 0.29) is 5.76 Å². The molecule has 1 aromatic rings. The van der Waals surface area contributed by atoms with E-state index in [1.165, 1.54) is 13.2 Å². The van der Waals surface area contributed by atoms with Crippen LogP contribution in [0.25, 0.3) is 0 Å². The summed E-state index contributed by atoms with van der Waals surface area (Å²) < 4.78 is 10.1. The van der Waals surface area contributed by atoms with E-state index >= 15 is 0 Å². The van der Waals surface area contributed by atoms with Crippen molar-refractivity contribution < 1.29 is 13.9 Å². The standard InChI is InChI=1S/C6H6BrNO3/c1-10-3-2-4(7)11-5(3)6(8)9/h2H,1H3,(H2,8,9). The van der Waals surface area contributed by atoms with E-state index < -0.39 is 5.91 Å². The van der Waals surface area contributed by atoms with Gasteiger partial charge in [0.15, 0.2) is 10.4 Å². The number of carbonyl (C=O) groups is 1. The van der Waals surface area contributed by atoms with E-state index in [0.29, 0.717) is 10.4 Å². The summed E-state index contributed by atoms with van der Waals surface area (Å²) in [5.41, 5.74) is 4.97. The van der Waals surface area contributed by atoms with E-state index in [1.54, 1.807) is 0 Å². The molecule has 1 aromatic heterocycles. The van der Waals surface area contributed by atoms with Gasteiger partial charge in [0.05, 0.1) is 7.11 Å². The van der Waals surface area contributed by atoms with Gasteiger partial charge >= 0.3 is 0 Å². The molecule has 2 N–H and O–H groups in total. The van der Waals surface area contributed by atoms with E-state index in [4.69, 9.17) is 14.9 Å². The van der Waals surface area contributed by atoms with Gasteiger partial charge in [-0.1, -0.05) is 0 Å². The number of halogens is 1. The number of hydrogen-bond acceptors (Lipinski definition) is 3. The van der Waals surface area contributed by atoms with Crippen LogP contribution >= 0.6 is 15.9 Å². The summed E-state index contributed by atoms with van der Waals surface area (Å²) >= 11 is 3.04. The van der Waals surface area contributed by atoms with E-state index in [0.717, 1.165) is 0 Å². The highest BCUT2D eigenvalue weighted by Crippen LogP contribution is 2.26. The highest BCUT2D eigenvalue weighted by atomic mass is 79.9. The first kappa shape index (κ1) is 8.13. The van der Waals surface area contributed by atoms with Crippen LogP contribution in [-0.4, -0.2) is 13.0 Å².